The average Bonchev–Trinajstić information content (AvgIpc) is 2.28. The van der Waals surface area contributed by atoms with E-state index in [9.17, 15) is 4.79 Å². The van der Waals surface area contributed by atoms with E-state index in [4.69, 9.17) is 0 Å². The van der Waals surface area contributed by atoms with Crippen molar-refractivity contribution in [2.75, 3.05) is 4.90 Å². The van der Waals surface area contributed by atoms with Crippen molar-refractivity contribution in [1.29, 1.82) is 0 Å². The van der Waals surface area contributed by atoms with Gasteiger partial charge in [0.25, 0.3) is 0 Å². The number of hydrogen-bond acceptors (Lipinski definition) is 4. The fourth-order valence-electron chi connectivity index (χ4n) is 2.74. The van der Waals surface area contributed by atoms with E-state index in [1.165, 1.54) is 19.3 Å². The second kappa shape index (κ2) is 5.04. The minimum absolute atomic E-state index is 0.0267. The summed E-state index contributed by atoms with van der Waals surface area (Å²) >= 11 is 0. The minimum atomic E-state index is 0.0267. The average molecular weight is 247 g/mol. The summed E-state index contributed by atoms with van der Waals surface area (Å²) < 4.78 is 0. The van der Waals surface area contributed by atoms with Crippen molar-refractivity contribution in [2.24, 2.45) is 0 Å². The Balaban J connectivity index is 2.33. The highest BCUT2D eigenvalue weighted by Crippen LogP contribution is 2.26. The number of aromatic nitrogens is 2. The first-order chi connectivity index (χ1) is 8.50. The number of rotatable bonds is 2. The lowest BCUT2D eigenvalue weighted by molar-refractivity contribution is 0.101. The van der Waals surface area contributed by atoms with E-state index in [0.29, 0.717) is 17.6 Å². The highest BCUT2D eigenvalue weighted by molar-refractivity contribution is 5.94. The predicted molar refractivity (Wildman–Crippen MR) is 72.0 cm³/mol. The second-order valence-electron chi connectivity index (χ2n) is 5.26. The first-order valence-electron chi connectivity index (χ1n) is 6.63. The van der Waals surface area contributed by atoms with Gasteiger partial charge in [-0.2, -0.15) is 0 Å². The Morgan fingerprint density at radius 2 is 1.94 bits per heavy atom. The molecule has 0 amide bonds. The number of carbonyl (C=O) groups is 1. The Kier molecular flexibility index (Phi) is 3.64. The van der Waals surface area contributed by atoms with Gasteiger partial charge in [-0.3, -0.25) is 4.79 Å². The zero-order valence-electron chi connectivity index (χ0n) is 11.6. The summed E-state index contributed by atoms with van der Waals surface area (Å²) in [5, 5.41) is 0. The third kappa shape index (κ3) is 2.37. The molecule has 0 radical (unpaired) electrons. The topological polar surface area (TPSA) is 46.1 Å². The van der Waals surface area contributed by atoms with Crippen molar-refractivity contribution < 1.29 is 4.79 Å². The summed E-state index contributed by atoms with van der Waals surface area (Å²) in [6.45, 7) is 7.86. The molecule has 2 heterocycles. The van der Waals surface area contributed by atoms with E-state index in [2.05, 4.69) is 28.7 Å². The van der Waals surface area contributed by atoms with E-state index in [1.807, 2.05) is 6.92 Å². The lowest BCUT2D eigenvalue weighted by atomic mass is 9.98. The molecular weight excluding hydrogens is 226 g/mol. The lowest BCUT2D eigenvalue weighted by Gasteiger charge is -2.39. The summed E-state index contributed by atoms with van der Waals surface area (Å²) in [5.74, 6) is 0.788. The van der Waals surface area contributed by atoms with Gasteiger partial charge in [-0.05, 0) is 47.0 Å². The molecule has 2 atom stereocenters. The zero-order valence-corrected chi connectivity index (χ0v) is 11.6. The molecule has 1 aromatic rings. The molecule has 1 fully saturated rings. The molecule has 1 saturated heterocycles. The Labute approximate surface area is 108 Å². The van der Waals surface area contributed by atoms with Crippen LogP contribution >= 0.6 is 0 Å². The van der Waals surface area contributed by atoms with Gasteiger partial charge in [-0.15, -0.1) is 0 Å². The quantitative estimate of drug-likeness (QED) is 0.754. The maximum Gasteiger partial charge on any atom is 0.226 e. The third-order valence-corrected chi connectivity index (χ3v) is 3.77. The molecule has 4 nitrogen and oxygen atoms in total. The molecule has 4 heteroatoms. The first kappa shape index (κ1) is 13.0. The highest BCUT2D eigenvalue weighted by Gasteiger charge is 2.27. The number of carbonyl (C=O) groups excluding carboxylic acids is 1. The van der Waals surface area contributed by atoms with Gasteiger partial charge in [-0.25, -0.2) is 9.97 Å². The molecule has 2 unspecified atom stereocenters. The summed E-state index contributed by atoms with van der Waals surface area (Å²) in [4.78, 5) is 22.6. The van der Waals surface area contributed by atoms with Gasteiger partial charge in [0.05, 0.1) is 11.3 Å². The number of hydrogen-bond donors (Lipinski definition) is 0. The van der Waals surface area contributed by atoms with Crippen LogP contribution in [0.25, 0.3) is 0 Å². The van der Waals surface area contributed by atoms with Crippen molar-refractivity contribution in [3.8, 4) is 0 Å². The molecule has 98 valence electrons. The van der Waals surface area contributed by atoms with Crippen molar-refractivity contribution in [2.45, 2.75) is 59.0 Å². The molecule has 1 aliphatic heterocycles. The standard InChI is InChI=1S/C14H21N3O/c1-9-6-5-7-10(2)17(9)14-15-8-13(12(4)18)11(3)16-14/h8-10H,5-7H2,1-4H3. The van der Waals surface area contributed by atoms with Crippen LogP contribution in [0.15, 0.2) is 6.20 Å². The molecule has 0 spiro atoms. The molecule has 1 aliphatic rings. The number of Topliss-reactive ketones (excluding diaryl/α,β-unsaturated/α-hetero) is 1. The van der Waals surface area contributed by atoms with Crippen LogP contribution in [0, 0.1) is 6.92 Å². The number of anilines is 1. The van der Waals surface area contributed by atoms with Crippen LogP contribution < -0.4 is 4.90 Å². The first-order valence-corrected chi connectivity index (χ1v) is 6.63. The summed E-state index contributed by atoms with van der Waals surface area (Å²) in [6, 6.07) is 0.938. The molecule has 0 N–H and O–H groups in total. The summed E-state index contributed by atoms with van der Waals surface area (Å²) in [5.41, 5.74) is 1.40. The van der Waals surface area contributed by atoms with Gasteiger partial charge < -0.3 is 4.90 Å². The Morgan fingerprint density at radius 1 is 1.33 bits per heavy atom. The van der Waals surface area contributed by atoms with E-state index in [1.54, 1.807) is 13.1 Å². The van der Waals surface area contributed by atoms with E-state index in [0.717, 1.165) is 11.6 Å². The second-order valence-corrected chi connectivity index (χ2v) is 5.26. The van der Waals surface area contributed by atoms with Gasteiger partial charge >= 0.3 is 0 Å². The van der Waals surface area contributed by atoms with Gasteiger partial charge in [0.1, 0.15) is 0 Å². The van der Waals surface area contributed by atoms with Crippen molar-refractivity contribution in [1.82, 2.24) is 9.97 Å². The van der Waals surface area contributed by atoms with Crippen LogP contribution in [0.2, 0.25) is 0 Å². The molecule has 1 aromatic heterocycles. The molecular formula is C14H21N3O. The fraction of sp³-hybridized carbons (Fsp3) is 0.643. The molecule has 0 bridgehead atoms. The molecule has 0 saturated carbocycles. The monoisotopic (exact) mass is 247 g/mol. The molecule has 0 aliphatic carbocycles. The van der Waals surface area contributed by atoms with Crippen LogP contribution in [0.5, 0.6) is 0 Å². The highest BCUT2D eigenvalue weighted by atomic mass is 16.1. The Morgan fingerprint density at radius 3 is 2.44 bits per heavy atom. The van der Waals surface area contributed by atoms with Crippen LogP contribution in [0.4, 0.5) is 5.95 Å². The van der Waals surface area contributed by atoms with Crippen molar-refractivity contribution >= 4 is 11.7 Å². The van der Waals surface area contributed by atoms with Gasteiger partial charge in [0.2, 0.25) is 5.95 Å². The van der Waals surface area contributed by atoms with E-state index < -0.39 is 0 Å². The Hall–Kier alpha value is -1.45. The SMILES string of the molecule is CC(=O)c1cnc(N2C(C)CCCC2C)nc1C. The van der Waals surface area contributed by atoms with Crippen molar-refractivity contribution in [3.05, 3.63) is 17.5 Å². The van der Waals surface area contributed by atoms with Crippen LogP contribution in [-0.2, 0) is 0 Å². The molecule has 0 aromatic carbocycles. The number of aryl methyl sites for hydroxylation is 1. The largest absolute Gasteiger partial charge is 0.335 e. The lowest BCUT2D eigenvalue weighted by Crippen LogP contribution is -2.44. The van der Waals surface area contributed by atoms with E-state index in [-0.39, 0.29) is 5.78 Å². The van der Waals surface area contributed by atoms with Crippen LogP contribution in [-0.4, -0.2) is 27.8 Å². The van der Waals surface area contributed by atoms with E-state index >= 15 is 0 Å². The fourth-order valence-corrected chi connectivity index (χ4v) is 2.74. The summed E-state index contributed by atoms with van der Waals surface area (Å²) in [7, 11) is 0. The van der Waals surface area contributed by atoms with Gasteiger partial charge in [-0.1, -0.05) is 0 Å². The van der Waals surface area contributed by atoms with Crippen LogP contribution in [0.3, 0.4) is 0 Å². The number of piperidine rings is 1. The molecule has 2 rings (SSSR count). The summed E-state index contributed by atoms with van der Waals surface area (Å²) in [6.07, 6.45) is 5.29. The minimum Gasteiger partial charge on any atom is -0.335 e. The number of nitrogens with zero attached hydrogens (tertiary/aromatic N) is 3. The Bertz CT molecular complexity index is 448. The van der Waals surface area contributed by atoms with Gasteiger partial charge in [0, 0.05) is 18.3 Å². The zero-order chi connectivity index (χ0) is 13.3. The van der Waals surface area contributed by atoms with Crippen molar-refractivity contribution in [3.63, 3.8) is 0 Å². The predicted octanol–water partition coefficient (Wildman–Crippen LogP) is 2.75. The molecule has 18 heavy (non-hydrogen) atoms. The third-order valence-electron chi connectivity index (χ3n) is 3.77. The maximum atomic E-state index is 11.4. The maximum absolute atomic E-state index is 11.4. The number of ketones is 1. The van der Waals surface area contributed by atoms with Crippen LogP contribution in [0.1, 0.15) is 56.1 Å². The smallest absolute Gasteiger partial charge is 0.226 e. The normalized spacial score (nSPS) is 24.1. The van der Waals surface area contributed by atoms with Gasteiger partial charge in [0.15, 0.2) is 5.78 Å².